The lowest BCUT2D eigenvalue weighted by Crippen LogP contribution is -2.33. The molecule has 0 amide bonds. The number of aryl methyl sites for hydroxylation is 1. The van der Waals surface area contributed by atoms with Gasteiger partial charge in [-0.25, -0.2) is 0 Å². The van der Waals surface area contributed by atoms with E-state index in [1.54, 1.807) is 11.3 Å². The number of hydrogen-bond donors (Lipinski definition) is 1. The summed E-state index contributed by atoms with van der Waals surface area (Å²) in [6.45, 7) is 2.02. The summed E-state index contributed by atoms with van der Waals surface area (Å²) in [6, 6.07) is 0.687. The van der Waals surface area contributed by atoms with Gasteiger partial charge in [0.15, 0.2) is 0 Å². The molecule has 0 saturated heterocycles. The molecular formula is C13H19N3S. The number of fused-ring (bicyclic) bond motifs is 5. The molecule has 2 bridgehead atoms. The number of nitrogens with one attached hydrogen (secondary N) is 1. The second kappa shape index (κ2) is 3.67. The first kappa shape index (κ1) is 10.3. The predicted molar refractivity (Wildman–Crippen MR) is 69.1 cm³/mol. The first-order valence-electron chi connectivity index (χ1n) is 6.88. The predicted octanol–water partition coefficient (Wildman–Crippen LogP) is 3.08. The second-order valence-electron chi connectivity index (χ2n) is 6.03. The zero-order valence-electron chi connectivity index (χ0n) is 10.2. The Balaban J connectivity index is 1.50. The number of nitrogens with zero attached hydrogens (tertiary/aromatic N) is 2. The van der Waals surface area contributed by atoms with Crippen LogP contribution < -0.4 is 5.32 Å². The lowest BCUT2D eigenvalue weighted by atomic mass is 9.79. The van der Waals surface area contributed by atoms with Crippen molar-refractivity contribution in [1.82, 2.24) is 10.2 Å². The lowest BCUT2D eigenvalue weighted by Gasteiger charge is -2.31. The van der Waals surface area contributed by atoms with Crippen LogP contribution >= 0.6 is 11.3 Å². The van der Waals surface area contributed by atoms with Gasteiger partial charge in [0, 0.05) is 6.04 Å². The molecule has 1 N–H and O–H groups in total. The van der Waals surface area contributed by atoms with E-state index in [0.29, 0.717) is 6.04 Å². The highest BCUT2D eigenvalue weighted by atomic mass is 32.1. The van der Waals surface area contributed by atoms with Crippen LogP contribution in [-0.4, -0.2) is 16.2 Å². The zero-order chi connectivity index (χ0) is 11.4. The van der Waals surface area contributed by atoms with Crippen molar-refractivity contribution in [3.8, 4) is 0 Å². The summed E-state index contributed by atoms with van der Waals surface area (Å²) in [5.41, 5.74) is 0. The summed E-state index contributed by atoms with van der Waals surface area (Å²) in [6.07, 6.45) is 7.33. The fourth-order valence-corrected chi connectivity index (χ4v) is 5.40. The SMILES string of the molecule is Cc1nnc(NC2CC3CC2C2CCCC32)s1. The summed E-state index contributed by atoms with van der Waals surface area (Å²) in [5.74, 6) is 4.05. The highest BCUT2D eigenvalue weighted by Crippen LogP contribution is 2.59. The molecule has 3 nitrogen and oxygen atoms in total. The number of hydrogen-bond acceptors (Lipinski definition) is 4. The summed E-state index contributed by atoms with van der Waals surface area (Å²) in [5, 5.41) is 14.1. The van der Waals surface area contributed by atoms with Gasteiger partial charge in [-0.15, -0.1) is 10.2 Å². The van der Waals surface area contributed by atoms with Crippen molar-refractivity contribution in [3.63, 3.8) is 0 Å². The maximum absolute atomic E-state index is 4.21. The van der Waals surface area contributed by atoms with E-state index in [2.05, 4.69) is 15.5 Å². The Morgan fingerprint density at radius 1 is 1.12 bits per heavy atom. The molecule has 0 aliphatic heterocycles. The van der Waals surface area contributed by atoms with Crippen LogP contribution in [0.5, 0.6) is 0 Å². The van der Waals surface area contributed by atoms with Gasteiger partial charge >= 0.3 is 0 Å². The summed E-state index contributed by atoms with van der Waals surface area (Å²) in [7, 11) is 0. The molecule has 1 heterocycles. The molecule has 5 atom stereocenters. The molecule has 1 aromatic rings. The minimum absolute atomic E-state index is 0.687. The molecule has 3 fully saturated rings. The molecule has 4 rings (SSSR count). The fourth-order valence-electron chi connectivity index (χ4n) is 4.75. The highest BCUT2D eigenvalue weighted by molar-refractivity contribution is 7.15. The van der Waals surface area contributed by atoms with Crippen LogP contribution in [0, 0.1) is 30.6 Å². The van der Waals surface area contributed by atoms with Crippen LogP contribution in [-0.2, 0) is 0 Å². The number of anilines is 1. The van der Waals surface area contributed by atoms with Gasteiger partial charge in [0.2, 0.25) is 5.13 Å². The number of rotatable bonds is 2. The third-order valence-electron chi connectivity index (χ3n) is 5.26. The average molecular weight is 249 g/mol. The molecule has 5 unspecified atom stereocenters. The first-order valence-corrected chi connectivity index (χ1v) is 7.69. The Hall–Kier alpha value is -0.640. The van der Waals surface area contributed by atoms with Crippen molar-refractivity contribution in [1.29, 1.82) is 0 Å². The fraction of sp³-hybridized carbons (Fsp3) is 0.846. The molecule has 3 saturated carbocycles. The normalized spacial score (nSPS) is 43.0. The maximum Gasteiger partial charge on any atom is 0.205 e. The topological polar surface area (TPSA) is 37.8 Å². The van der Waals surface area contributed by atoms with E-state index in [-0.39, 0.29) is 0 Å². The van der Waals surface area contributed by atoms with Gasteiger partial charge in [-0.3, -0.25) is 0 Å². The van der Waals surface area contributed by atoms with Crippen molar-refractivity contribution in [2.45, 2.75) is 45.1 Å². The van der Waals surface area contributed by atoms with Gasteiger partial charge < -0.3 is 5.32 Å². The van der Waals surface area contributed by atoms with E-state index >= 15 is 0 Å². The molecule has 92 valence electrons. The third kappa shape index (κ3) is 1.53. The van der Waals surface area contributed by atoms with Crippen molar-refractivity contribution in [3.05, 3.63) is 5.01 Å². The quantitative estimate of drug-likeness (QED) is 0.875. The van der Waals surface area contributed by atoms with Gasteiger partial charge in [-0.2, -0.15) is 0 Å². The smallest absolute Gasteiger partial charge is 0.205 e. The average Bonchev–Trinajstić information content (AvgIpc) is 2.99. The minimum Gasteiger partial charge on any atom is -0.357 e. The summed E-state index contributed by atoms with van der Waals surface area (Å²) in [4.78, 5) is 0. The Labute approximate surface area is 106 Å². The Morgan fingerprint density at radius 2 is 2.00 bits per heavy atom. The Bertz CT molecular complexity index is 430. The first-order chi connectivity index (χ1) is 8.31. The zero-order valence-corrected chi connectivity index (χ0v) is 11.0. The van der Waals surface area contributed by atoms with Crippen molar-refractivity contribution < 1.29 is 0 Å². The largest absolute Gasteiger partial charge is 0.357 e. The van der Waals surface area contributed by atoms with Crippen LogP contribution in [0.15, 0.2) is 0 Å². The number of aromatic nitrogens is 2. The van der Waals surface area contributed by atoms with E-state index in [4.69, 9.17) is 0 Å². The van der Waals surface area contributed by atoms with E-state index < -0.39 is 0 Å². The third-order valence-corrected chi connectivity index (χ3v) is 6.03. The Kier molecular flexibility index (Phi) is 2.23. The van der Waals surface area contributed by atoms with Crippen LogP contribution in [0.1, 0.15) is 37.1 Å². The van der Waals surface area contributed by atoms with Crippen molar-refractivity contribution in [2.75, 3.05) is 5.32 Å². The lowest BCUT2D eigenvalue weighted by molar-refractivity contribution is 0.243. The van der Waals surface area contributed by atoms with Crippen LogP contribution in [0.25, 0.3) is 0 Å². The van der Waals surface area contributed by atoms with Crippen molar-refractivity contribution in [2.24, 2.45) is 23.7 Å². The van der Waals surface area contributed by atoms with Crippen LogP contribution in [0.2, 0.25) is 0 Å². The van der Waals surface area contributed by atoms with E-state index in [1.165, 1.54) is 32.1 Å². The minimum atomic E-state index is 0.687. The standard InChI is InChI=1S/C13H19N3S/c1-7-15-16-13(17-7)14-12-6-8-5-11(12)10-4-2-3-9(8)10/h8-12H,2-6H2,1H3,(H,14,16). The highest BCUT2D eigenvalue weighted by Gasteiger charge is 2.53. The van der Waals surface area contributed by atoms with Crippen molar-refractivity contribution >= 4 is 16.5 Å². The van der Waals surface area contributed by atoms with E-state index in [9.17, 15) is 0 Å². The monoisotopic (exact) mass is 249 g/mol. The molecule has 3 aliphatic carbocycles. The molecule has 0 radical (unpaired) electrons. The molecule has 0 spiro atoms. The van der Waals surface area contributed by atoms with Gasteiger partial charge in [-0.05, 0) is 56.3 Å². The van der Waals surface area contributed by atoms with Crippen LogP contribution in [0.3, 0.4) is 0 Å². The van der Waals surface area contributed by atoms with Crippen LogP contribution in [0.4, 0.5) is 5.13 Å². The Morgan fingerprint density at radius 3 is 2.82 bits per heavy atom. The summed E-state index contributed by atoms with van der Waals surface area (Å²) < 4.78 is 0. The second-order valence-corrected chi connectivity index (χ2v) is 7.21. The van der Waals surface area contributed by atoms with E-state index in [1.807, 2.05) is 6.92 Å². The van der Waals surface area contributed by atoms with Gasteiger partial charge in [0.25, 0.3) is 0 Å². The molecule has 1 aromatic heterocycles. The molecule has 17 heavy (non-hydrogen) atoms. The van der Waals surface area contributed by atoms with Gasteiger partial charge in [0.1, 0.15) is 5.01 Å². The molecule has 0 aromatic carbocycles. The van der Waals surface area contributed by atoms with Gasteiger partial charge in [-0.1, -0.05) is 17.8 Å². The van der Waals surface area contributed by atoms with E-state index in [0.717, 1.165) is 33.8 Å². The molecular weight excluding hydrogens is 230 g/mol. The molecule has 3 aliphatic rings. The maximum atomic E-state index is 4.21. The van der Waals surface area contributed by atoms with Gasteiger partial charge in [0.05, 0.1) is 0 Å². The molecule has 4 heteroatoms. The summed E-state index contributed by atoms with van der Waals surface area (Å²) >= 11 is 1.69.